The first-order valence-corrected chi connectivity index (χ1v) is 8.30. The third kappa shape index (κ3) is 3.99. The second kappa shape index (κ2) is 7.61. The van der Waals surface area contributed by atoms with Gasteiger partial charge in [0.25, 0.3) is 0 Å². The third-order valence-corrected chi connectivity index (χ3v) is 4.67. The lowest BCUT2D eigenvalue weighted by Crippen LogP contribution is -2.63. The smallest absolute Gasteiger partial charge is 0.191 e. The highest BCUT2D eigenvalue weighted by Gasteiger charge is 2.31. The van der Waals surface area contributed by atoms with Crippen molar-refractivity contribution < 1.29 is 0 Å². The van der Waals surface area contributed by atoms with Crippen molar-refractivity contribution in [3.8, 4) is 0 Å². The zero-order valence-corrected chi connectivity index (χ0v) is 13.5. The first-order chi connectivity index (χ1) is 10.8. The molecule has 3 aliphatic heterocycles. The van der Waals surface area contributed by atoms with Gasteiger partial charge in [0, 0.05) is 58.9 Å². The maximum atomic E-state index is 4.33. The quantitative estimate of drug-likeness (QED) is 0.610. The highest BCUT2D eigenvalue weighted by Crippen LogP contribution is 2.14. The van der Waals surface area contributed by atoms with Crippen molar-refractivity contribution in [3.63, 3.8) is 0 Å². The number of rotatable bonds is 5. The van der Waals surface area contributed by atoms with Gasteiger partial charge in [-0.1, -0.05) is 30.3 Å². The number of benzene rings is 1. The molecule has 3 heterocycles. The fourth-order valence-electron chi connectivity index (χ4n) is 3.32. The second-order valence-electron chi connectivity index (χ2n) is 6.11. The maximum Gasteiger partial charge on any atom is 0.191 e. The van der Waals surface area contributed by atoms with Gasteiger partial charge in [-0.2, -0.15) is 0 Å². The van der Waals surface area contributed by atoms with Crippen LogP contribution in [0.15, 0.2) is 35.3 Å². The molecular weight excluding hydrogens is 274 g/mol. The van der Waals surface area contributed by atoms with Crippen molar-refractivity contribution in [2.24, 2.45) is 4.99 Å². The summed E-state index contributed by atoms with van der Waals surface area (Å²) < 4.78 is 0. The Bertz CT molecular complexity index is 479. The van der Waals surface area contributed by atoms with Crippen LogP contribution in [0.1, 0.15) is 5.56 Å². The molecule has 120 valence electrons. The standard InChI is InChI=1S/C17H27N5/c1-18-17(19-8-7-15-5-3-2-4-6-15)20-13-16-14-21-9-11-22(16)12-10-21/h2-6,16H,7-14H2,1H3,(H2,18,19,20). The molecule has 5 nitrogen and oxygen atoms in total. The minimum atomic E-state index is 0.621. The van der Waals surface area contributed by atoms with E-state index in [0.29, 0.717) is 6.04 Å². The summed E-state index contributed by atoms with van der Waals surface area (Å²) in [5.41, 5.74) is 1.36. The van der Waals surface area contributed by atoms with E-state index in [1.165, 1.54) is 38.3 Å². The van der Waals surface area contributed by atoms with Gasteiger partial charge in [0.15, 0.2) is 5.96 Å². The minimum Gasteiger partial charge on any atom is -0.356 e. The first kappa shape index (κ1) is 15.3. The summed E-state index contributed by atoms with van der Waals surface area (Å²) in [4.78, 5) is 9.50. The number of nitrogens with zero attached hydrogens (tertiary/aromatic N) is 3. The molecule has 3 aliphatic rings. The van der Waals surface area contributed by atoms with E-state index in [2.05, 4.69) is 55.8 Å². The predicted octanol–water partition coefficient (Wildman–Crippen LogP) is 0.394. The summed E-state index contributed by atoms with van der Waals surface area (Å²) in [5.74, 6) is 0.911. The van der Waals surface area contributed by atoms with Crippen molar-refractivity contribution in [1.29, 1.82) is 0 Å². The fourth-order valence-corrected chi connectivity index (χ4v) is 3.32. The maximum absolute atomic E-state index is 4.33. The van der Waals surface area contributed by atoms with Crippen LogP contribution >= 0.6 is 0 Å². The zero-order chi connectivity index (χ0) is 15.2. The van der Waals surface area contributed by atoms with Gasteiger partial charge in [-0.05, 0) is 12.0 Å². The Morgan fingerprint density at radius 3 is 2.55 bits per heavy atom. The molecule has 0 radical (unpaired) electrons. The number of aliphatic imine (C=N–C) groups is 1. The number of piperazine rings is 3. The zero-order valence-electron chi connectivity index (χ0n) is 13.5. The normalized spacial score (nSPS) is 27.7. The molecule has 0 aliphatic carbocycles. The lowest BCUT2D eigenvalue weighted by molar-refractivity contribution is 0.0154. The Morgan fingerprint density at radius 2 is 1.91 bits per heavy atom. The average Bonchev–Trinajstić information content (AvgIpc) is 2.60. The van der Waals surface area contributed by atoms with Crippen LogP contribution in [0.5, 0.6) is 0 Å². The van der Waals surface area contributed by atoms with E-state index in [-0.39, 0.29) is 0 Å². The van der Waals surface area contributed by atoms with Crippen LogP contribution in [0, 0.1) is 0 Å². The van der Waals surface area contributed by atoms with Gasteiger partial charge < -0.3 is 10.6 Å². The predicted molar refractivity (Wildman–Crippen MR) is 91.3 cm³/mol. The monoisotopic (exact) mass is 301 g/mol. The highest BCUT2D eigenvalue weighted by molar-refractivity contribution is 5.79. The van der Waals surface area contributed by atoms with E-state index in [1.54, 1.807) is 0 Å². The van der Waals surface area contributed by atoms with Crippen LogP contribution in [0.2, 0.25) is 0 Å². The highest BCUT2D eigenvalue weighted by atomic mass is 15.4. The molecule has 5 heteroatoms. The Morgan fingerprint density at radius 1 is 1.14 bits per heavy atom. The van der Waals surface area contributed by atoms with E-state index in [9.17, 15) is 0 Å². The molecule has 1 aromatic carbocycles. The summed E-state index contributed by atoms with van der Waals surface area (Å²) >= 11 is 0. The summed E-state index contributed by atoms with van der Waals surface area (Å²) in [6.07, 6.45) is 1.02. The second-order valence-corrected chi connectivity index (χ2v) is 6.11. The van der Waals surface area contributed by atoms with Crippen LogP contribution in [0.4, 0.5) is 0 Å². The van der Waals surface area contributed by atoms with Crippen molar-refractivity contribution in [3.05, 3.63) is 35.9 Å². The van der Waals surface area contributed by atoms with Crippen molar-refractivity contribution in [1.82, 2.24) is 20.4 Å². The molecule has 1 unspecified atom stereocenters. The van der Waals surface area contributed by atoms with Crippen molar-refractivity contribution in [2.45, 2.75) is 12.5 Å². The molecular formula is C17H27N5. The molecule has 0 saturated carbocycles. The molecule has 1 aromatic rings. The Labute approximate surface area is 133 Å². The van der Waals surface area contributed by atoms with Crippen LogP contribution in [-0.2, 0) is 6.42 Å². The van der Waals surface area contributed by atoms with E-state index in [4.69, 9.17) is 0 Å². The number of guanidine groups is 1. The van der Waals surface area contributed by atoms with Crippen LogP contribution in [-0.4, -0.2) is 74.7 Å². The molecule has 2 bridgehead atoms. The fraction of sp³-hybridized carbons (Fsp3) is 0.588. The molecule has 2 N–H and O–H groups in total. The van der Waals surface area contributed by atoms with Crippen LogP contribution in [0.25, 0.3) is 0 Å². The average molecular weight is 301 g/mol. The summed E-state index contributed by atoms with van der Waals surface area (Å²) in [5, 5.41) is 6.89. The molecule has 3 saturated heterocycles. The lowest BCUT2D eigenvalue weighted by Gasteiger charge is -2.47. The van der Waals surface area contributed by atoms with Gasteiger partial charge in [0.05, 0.1) is 0 Å². The number of hydrogen-bond donors (Lipinski definition) is 2. The van der Waals surface area contributed by atoms with Gasteiger partial charge in [-0.15, -0.1) is 0 Å². The molecule has 0 aromatic heterocycles. The molecule has 1 atom stereocenters. The Hall–Kier alpha value is -1.59. The SMILES string of the molecule is CN=C(NCCc1ccccc1)NCC1CN2CCN1CC2. The van der Waals surface area contributed by atoms with E-state index in [0.717, 1.165) is 25.5 Å². The van der Waals surface area contributed by atoms with Crippen LogP contribution < -0.4 is 10.6 Å². The molecule has 3 fully saturated rings. The van der Waals surface area contributed by atoms with E-state index in [1.807, 2.05) is 7.05 Å². The Balaban J connectivity index is 1.39. The number of hydrogen-bond acceptors (Lipinski definition) is 3. The van der Waals surface area contributed by atoms with Crippen molar-refractivity contribution in [2.75, 3.05) is 52.9 Å². The van der Waals surface area contributed by atoms with Gasteiger partial charge in [0.2, 0.25) is 0 Å². The van der Waals surface area contributed by atoms with Gasteiger partial charge in [-0.3, -0.25) is 14.8 Å². The molecule has 0 spiro atoms. The minimum absolute atomic E-state index is 0.621. The lowest BCUT2D eigenvalue weighted by atomic mass is 10.1. The van der Waals surface area contributed by atoms with Gasteiger partial charge >= 0.3 is 0 Å². The first-order valence-electron chi connectivity index (χ1n) is 8.30. The Kier molecular flexibility index (Phi) is 5.29. The van der Waals surface area contributed by atoms with Gasteiger partial charge in [-0.25, -0.2) is 0 Å². The third-order valence-electron chi connectivity index (χ3n) is 4.67. The van der Waals surface area contributed by atoms with Crippen molar-refractivity contribution >= 4 is 5.96 Å². The summed E-state index contributed by atoms with van der Waals surface area (Å²) in [6, 6.07) is 11.2. The van der Waals surface area contributed by atoms with E-state index < -0.39 is 0 Å². The van der Waals surface area contributed by atoms with E-state index >= 15 is 0 Å². The number of fused-ring (bicyclic) bond motifs is 3. The van der Waals surface area contributed by atoms with Gasteiger partial charge in [0.1, 0.15) is 0 Å². The van der Waals surface area contributed by atoms with Crippen LogP contribution in [0.3, 0.4) is 0 Å². The largest absolute Gasteiger partial charge is 0.356 e. The molecule has 4 rings (SSSR count). The summed E-state index contributed by atoms with van der Waals surface area (Å²) in [6.45, 7) is 7.97. The molecule has 0 amide bonds. The molecule has 22 heavy (non-hydrogen) atoms. The summed E-state index contributed by atoms with van der Waals surface area (Å²) in [7, 11) is 1.84. The topological polar surface area (TPSA) is 42.9 Å². The number of nitrogens with one attached hydrogen (secondary N) is 2.